The van der Waals surface area contributed by atoms with Crippen molar-refractivity contribution in [3.05, 3.63) is 67.8 Å². The van der Waals surface area contributed by atoms with Gasteiger partial charge in [0.25, 0.3) is 5.91 Å². The number of hydrogen-bond donors (Lipinski definition) is 1. The number of thioether (sulfide) groups is 1. The van der Waals surface area contributed by atoms with Gasteiger partial charge in [-0.2, -0.15) is 0 Å². The molecule has 5 rings (SSSR count). The lowest BCUT2D eigenvalue weighted by atomic mass is 9.66. The number of nitrogens with zero attached hydrogens (tertiary/aromatic N) is 2. The number of aliphatic hydroxyl groups is 1. The van der Waals surface area contributed by atoms with Crippen molar-refractivity contribution < 1.29 is 24.2 Å². The standard InChI is InChI=1S/C31H36N2O5S/c1-4-14-32(23-13-12-21-10-6-7-11-22(21)19-23)29(36)27-31-20(3)18-24(39-31)25(30(37)38-17-5-2)26(31)28(35)33(27)15-8-9-16-34/h4-7,10-13,19-20,24-27,34H,1-2,8-9,14-18H2,3H3/t20?,24-,25+,26-,27?,31?/m0/s1. The lowest BCUT2D eigenvalue weighted by molar-refractivity contribution is -0.153. The number of likely N-dealkylation sites (tertiary alicyclic amines) is 1. The van der Waals surface area contributed by atoms with E-state index in [-0.39, 0.29) is 42.2 Å². The van der Waals surface area contributed by atoms with Gasteiger partial charge in [-0.1, -0.05) is 56.0 Å². The molecule has 3 fully saturated rings. The summed E-state index contributed by atoms with van der Waals surface area (Å²) in [7, 11) is 0. The second-order valence-electron chi connectivity index (χ2n) is 10.7. The zero-order valence-electron chi connectivity index (χ0n) is 22.3. The molecule has 2 bridgehead atoms. The predicted octanol–water partition coefficient (Wildman–Crippen LogP) is 4.20. The molecule has 3 heterocycles. The molecule has 3 unspecified atom stereocenters. The summed E-state index contributed by atoms with van der Waals surface area (Å²) in [6.45, 7) is 10.4. The molecule has 0 radical (unpaired) electrons. The third-order valence-electron chi connectivity index (χ3n) is 8.52. The van der Waals surface area contributed by atoms with Crippen LogP contribution in [0.4, 0.5) is 5.69 Å². The zero-order chi connectivity index (χ0) is 27.7. The first-order valence-electron chi connectivity index (χ1n) is 13.7. The Labute approximate surface area is 233 Å². The molecule has 206 valence electrons. The molecule has 3 saturated heterocycles. The number of hydrogen-bond acceptors (Lipinski definition) is 6. The molecule has 6 atom stereocenters. The molecule has 0 aromatic heterocycles. The Morgan fingerprint density at radius 1 is 1.18 bits per heavy atom. The van der Waals surface area contributed by atoms with Crippen molar-refractivity contribution in [2.75, 3.05) is 31.2 Å². The first-order valence-corrected chi connectivity index (χ1v) is 14.5. The molecule has 2 aromatic rings. The molecule has 3 aliphatic rings. The summed E-state index contributed by atoms with van der Waals surface area (Å²) in [5.74, 6) is -1.87. The van der Waals surface area contributed by atoms with E-state index in [4.69, 9.17) is 4.74 Å². The summed E-state index contributed by atoms with van der Waals surface area (Å²) >= 11 is 1.63. The maximum atomic E-state index is 14.7. The van der Waals surface area contributed by atoms with E-state index in [9.17, 15) is 19.5 Å². The van der Waals surface area contributed by atoms with Gasteiger partial charge >= 0.3 is 5.97 Å². The fourth-order valence-electron chi connectivity index (χ4n) is 6.88. The van der Waals surface area contributed by atoms with Crippen molar-refractivity contribution in [3.63, 3.8) is 0 Å². The second kappa shape index (κ2) is 11.2. The maximum absolute atomic E-state index is 14.7. The van der Waals surface area contributed by atoms with Gasteiger partial charge in [0, 0.05) is 30.6 Å². The zero-order valence-corrected chi connectivity index (χ0v) is 23.1. The first kappa shape index (κ1) is 27.5. The van der Waals surface area contributed by atoms with Gasteiger partial charge in [0.1, 0.15) is 12.6 Å². The van der Waals surface area contributed by atoms with Crippen LogP contribution in [0.25, 0.3) is 10.8 Å². The Balaban J connectivity index is 1.57. The van der Waals surface area contributed by atoms with Gasteiger partial charge in [-0.25, -0.2) is 0 Å². The fourth-order valence-corrected chi connectivity index (χ4v) is 9.29. The number of aliphatic hydroxyl groups excluding tert-OH is 1. The summed E-state index contributed by atoms with van der Waals surface area (Å²) < 4.78 is 4.73. The van der Waals surface area contributed by atoms with Gasteiger partial charge in [0.05, 0.1) is 16.6 Å². The monoisotopic (exact) mass is 548 g/mol. The maximum Gasteiger partial charge on any atom is 0.311 e. The van der Waals surface area contributed by atoms with Crippen LogP contribution in [0.15, 0.2) is 67.8 Å². The number of fused-ring (bicyclic) bond motifs is 2. The lowest BCUT2D eigenvalue weighted by Crippen LogP contribution is -2.57. The third kappa shape index (κ3) is 4.47. The first-order chi connectivity index (χ1) is 18.9. The van der Waals surface area contributed by atoms with E-state index < -0.39 is 22.6 Å². The van der Waals surface area contributed by atoms with Gasteiger partial charge in [-0.3, -0.25) is 14.4 Å². The topological polar surface area (TPSA) is 87.2 Å². The number of benzene rings is 2. The molecule has 0 saturated carbocycles. The molecule has 3 aliphatic heterocycles. The van der Waals surface area contributed by atoms with Gasteiger partial charge in [-0.15, -0.1) is 18.3 Å². The number of amides is 2. The van der Waals surface area contributed by atoms with Crippen LogP contribution >= 0.6 is 11.8 Å². The molecular formula is C31H36N2O5S. The quantitative estimate of drug-likeness (QED) is 0.257. The van der Waals surface area contributed by atoms with Crippen molar-refractivity contribution >= 4 is 46.0 Å². The van der Waals surface area contributed by atoms with E-state index in [1.165, 1.54) is 6.08 Å². The molecule has 1 spiro atoms. The number of ether oxygens (including phenoxy) is 1. The summed E-state index contributed by atoms with van der Waals surface area (Å²) in [5.41, 5.74) is 0.744. The Bertz CT molecular complexity index is 1300. The number of carbonyl (C=O) groups excluding carboxylic acids is 3. The highest BCUT2D eigenvalue weighted by atomic mass is 32.2. The third-order valence-corrected chi connectivity index (χ3v) is 10.6. The van der Waals surface area contributed by atoms with Crippen molar-refractivity contribution in [2.45, 2.75) is 42.2 Å². The molecule has 7 nitrogen and oxygen atoms in total. The predicted molar refractivity (Wildman–Crippen MR) is 154 cm³/mol. The average molecular weight is 549 g/mol. The van der Waals surface area contributed by atoms with Gasteiger partial charge in [-0.05, 0) is 48.1 Å². The minimum atomic E-state index is -0.734. The van der Waals surface area contributed by atoms with Crippen LogP contribution in [0, 0.1) is 17.8 Å². The van der Waals surface area contributed by atoms with Gasteiger partial charge in [0.2, 0.25) is 5.91 Å². The van der Waals surface area contributed by atoms with Crippen LogP contribution in [-0.2, 0) is 19.1 Å². The van der Waals surface area contributed by atoms with Crippen molar-refractivity contribution in [3.8, 4) is 0 Å². The van der Waals surface area contributed by atoms with Crippen LogP contribution in [0.5, 0.6) is 0 Å². The van der Waals surface area contributed by atoms with E-state index >= 15 is 0 Å². The highest BCUT2D eigenvalue weighted by Crippen LogP contribution is 2.68. The summed E-state index contributed by atoms with van der Waals surface area (Å²) in [4.78, 5) is 45.4. The number of rotatable bonds is 11. The Hall–Kier alpha value is -3.10. The largest absolute Gasteiger partial charge is 0.461 e. The number of unbranched alkanes of at least 4 members (excludes halogenated alkanes) is 1. The van der Waals surface area contributed by atoms with Crippen molar-refractivity contribution in [1.82, 2.24) is 4.90 Å². The van der Waals surface area contributed by atoms with E-state index in [1.807, 2.05) is 42.5 Å². The average Bonchev–Trinajstić information content (AvgIpc) is 3.53. The molecule has 2 amide bonds. The fraction of sp³-hybridized carbons (Fsp3) is 0.452. The Morgan fingerprint density at radius 3 is 2.67 bits per heavy atom. The van der Waals surface area contributed by atoms with Crippen LogP contribution in [0.2, 0.25) is 0 Å². The van der Waals surface area contributed by atoms with E-state index in [0.29, 0.717) is 25.9 Å². The number of carbonyl (C=O) groups is 3. The van der Waals surface area contributed by atoms with E-state index in [2.05, 4.69) is 20.1 Å². The molecule has 0 aliphatic carbocycles. The lowest BCUT2D eigenvalue weighted by Gasteiger charge is -2.40. The molecular weight excluding hydrogens is 512 g/mol. The normalized spacial score (nSPS) is 28.9. The SMILES string of the molecule is C=CCOC(=O)[C@@H]1[C@@H]2CC(C)C3(S2)C(C(=O)N(CC=C)c2ccc4ccccc4c2)N(CCCCO)C(=O)[C@H]13. The Kier molecular flexibility index (Phi) is 7.87. The second-order valence-corrected chi connectivity index (χ2v) is 12.3. The smallest absolute Gasteiger partial charge is 0.311 e. The van der Waals surface area contributed by atoms with Crippen LogP contribution in [0.3, 0.4) is 0 Å². The summed E-state index contributed by atoms with van der Waals surface area (Å²) in [5, 5.41) is 11.4. The number of esters is 1. The summed E-state index contributed by atoms with van der Waals surface area (Å²) in [6.07, 6.45) is 5.07. The van der Waals surface area contributed by atoms with Gasteiger partial charge < -0.3 is 19.6 Å². The molecule has 2 aromatic carbocycles. The molecule has 1 N–H and O–H groups in total. The minimum absolute atomic E-state index is 0.0125. The van der Waals surface area contributed by atoms with Crippen LogP contribution in [0.1, 0.15) is 26.2 Å². The number of anilines is 1. The summed E-state index contributed by atoms with van der Waals surface area (Å²) in [6, 6.07) is 13.2. The molecule has 39 heavy (non-hydrogen) atoms. The van der Waals surface area contributed by atoms with Gasteiger partial charge in [0.15, 0.2) is 0 Å². The van der Waals surface area contributed by atoms with E-state index in [1.54, 1.807) is 27.6 Å². The van der Waals surface area contributed by atoms with Crippen molar-refractivity contribution in [1.29, 1.82) is 0 Å². The minimum Gasteiger partial charge on any atom is -0.461 e. The molecule has 8 heteroatoms. The Morgan fingerprint density at radius 2 is 1.95 bits per heavy atom. The van der Waals surface area contributed by atoms with Crippen molar-refractivity contribution in [2.24, 2.45) is 17.8 Å². The highest BCUT2D eigenvalue weighted by Gasteiger charge is 2.76. The van der Waals surface area contributed by atoms with Crippen LogP contribution in [-0.4, -0.2) is 70.1 Å². The highest BCUT2D eigenvalue weighted by molar-refractivity contribution is 8.02. The van der Waals surface area contributed by atoms with E-state index in [0.717, 1.165) is 22.9 Å². The van der Waals surface area contributed by atoms with Crippen LogP contribution < -0.4 is 4.90 Å².